The number of pyridine rings is 1. The first-order valence-electron chi connectivity index (χ1n) is 4.12. The molecule has 4 heteroatoms. The summed E-state index contributed by atoms with van der Waals surface area (Å²) >= 11 is 0. The van der Waals surface area contributed by atoms with Crippen LogP contribution in [0.2, 0.25) is 0 Å². The van der Waals surface area contributed by atoms with Gasteiger partial charge in [0.1, 0.15) is 0 Å². The van der Waals surface area contributed by atoms with Crippen LogP contribution in [0, 0.1) is 0 Å². The van der Waals surface area contributed by atoms with Crippen LogP contribution in [0.5, 0.6) is 5.88 Å². The average Bonchev–Trinajstić information content (AvgIpc) is 2.21. The lowest BCUT2D eigenvalue weighted by Gasteiger charge is -2.11. The molecule has 1 rings (SSSR count). The van der Waals surface area contributed by atoms with E-state index in [0.29, 0.717) is 12.4 Å². The van der Waals surface area contributed by atoms with E-state index in [-0.39, 0.29) is 12.5 Å². The van der Waals surface area contributed by atoms with Crippen molar-refractivity contribution in [3.8, 4) is 5.88 Å². The highest BCUT2D eigenvalue weighted by Gasteiger charge is 2.08. The Morgan fingerprint density at radius 2 is 2.38 bits per heavy atom. The van der Waals surface area contributed by atoms with Crippen LogP contribution < -0.4 is 10.5 Å². The zero-order valence-corrected chi connectivity index (χ0v) is 7.60. The van der Waals surface area contributed by atoms with Crippen molar-refractivity contribution >= 4 is 0 Å². The Kier molecular flexibility index (Phi) is 3.67. The van der Waals surface area contributed by atoms with Crippen LogP contribution in [0.1, 0.15) is 11.5 Å². The average molecular weight is 182 g/mol. The number of aliphatic hydroxyl groups is 1. The Balaban J connectivity index is 2.78. The maximum absolute atomic E-state index is 8.97. The van der Waals surface area contributed by atoms with Crippen molar-refractivity contribution in [1.82, 2.24) is 4.98 Å². The molecule has 1 heterocycles. The molecule has 0 bridgehead atoms. The summed E-state index contributed by atoms with van der Waals surface area (Å²) in [5.74, 6) is 0.538. The van der Waals surface area contributed by atoms with Gasteiger partial charge in [0.25, 0.3) is 0 Å². The molecule has 0 saturated heterocycles. The van der Waals surface area contributed by atoms with Gasteiger partial charge in [-0.1, -0.05) is 6.07 Å². The van der Waals surface area contributed by atoms with Gasteiger partial charge in [0, 0.05) is 24.7 Å². The minimum atomic E-state index is -0.0293. The zero-order chi connectivity index (χ0) is 9.68. The summed E-state index contributed by atoms with van der Waals surface area (Å²) in [6.07, 6.45) is 1.67. The first-order valence-corrected chi connectivity index (χ1v) is 4.12. The molecule has 3 N–H and O–H groups in total. The molecule has 1 unspecified atom stereocenters. The molecule has 0 aliphatic carbocycles. The SMILES string of the molecule is COc1ccc(C(CN)CO)cn1. The van der Waals surface area contributed by atoms with Crippen LogP contribution in [-0.4, -0.2) is 30.4 Å². The first-order chi connectivity index (χ1) is 6.31. The van der Waals surface area contributed by atoms with E-state index < -0.39 is 0 Å². The maximum atomic E-state index is 8.97. The third-order valence-corrected chi connectivity index (χ3v) is 1.94. The third-order valence-electron chi connectivity index (χ3n) is 1.94. The predicted octanol–water partition coefficient (Wildman–Crippen LogP) is 0.125. The number of nitrogens with two attached hydrogens (primary N) is 1. The summed E-state index contributed by atoms with van der Waals surface area (Å²) in [6.45, 7) is 0.467. The first kappa shape index (κ1) is 9.95. The molecule has 4 nitrogen and oxygen atoms in total. The topological polar surface area (TPSA) is 68.4 Å². The quantitative estimate of drug-likeness (QED) is 0.694. The Labute approximate surface area is 77.4 Å². The number of aromatic nitrogens is 1. The number of rotatable bonds is 4. The van der Waals surface area contributed by atoms with Crippen LogP contribution in [0.3, 0.4) is 0 Å². The minimum absolute atomic E-state index is 0.0293. The number of ether oxygens (including phenoxy) is 1. The molecule has 0 aliphatic rings. The molecule has 1 aromatic rings. The molecule has 72 valence electrons. The van der Waals surface area contributed by atoms with Crippen LogP contribution >= 0.6 is 0 Å². The number of methoxy groups -OCH3 is 1. The molecule has 0 fully saturated rings. The van der Waals surface area contributed by atoms with E-state index in [1.807, 2.05) is 6.07 Å². The molecular weight excluding hydrogens is 168 g/mol. The summed E-state index contributed by atoms with van der Waals surface area (Å²) in [4.78, 5) is 4.03. The van der Waals surface area contributed by atoms with E-state index in [2.05, 4.69) is 4.98 Å². The number of hydrogen-bond donors (Lipinski definition) is 2. The van der Waals surface area contributed by atoms with E-state index in [1.165, 1.54) is 0 Å². The van der Waals surface area contributed by atoms with E-state index >= 15 is 0 Å². The van der Waals surface area contributed by atoms with Gasteiger partial charge in [-0.2, -0.15) is 0 Å². The van der Waals surface area contributed by atoms with Gasteiger partial charge in [0.15, 0.2) is 0 Å². The highest BCUT2D eigenvalue weighted by Crippen LogP contribution is 2.15. The summed E-state index contributed by atoms with van der Waals surface area (Å²) < 4.78 is 4.91. The molecule has 0 radical (unpaired) electrons. The fraction of sp³-hybridized carbons (Fsp3) is 0.444. The van der Waals surface area contributed by atoms with Crippen molar-refractivity contribution in [2.45, 2.75) is 5.92 Å². The summed E-state index contributed by atoms with van der Waals surface area (Å²) in [5, 5.41) is 8.97. The summed E-state index contributed by atoms with van der Waals surface area (Å²) in [5.41, 5.74) is 6.40. The van der Waals surface area contributed by atoms with Gasteiger partial charge in [-0.25, -0.2) is 4.98 Å². The van der Waals surface area contributed by atoms with Crippen molar-refractivity contribution in [3.05, 3.63) is 23.9 Å². The molecule has 13 heavy (non-hydrogen) atoms. The van der Waals surface area contributed by atoms with Gasteiger partial charge in [0.05, 0.1) is 13.7 Å². The fourth-order valence-electron chi connectivity index (χ4n) is 1.07. The third kappa shape index (κ3) is 2.40. The molecule has 0 saturated carbocycles. The number of hydrogen-bond acceptors (Lipinski definition) is 4. The van der Waals surface area contributed by atoms with Crippen molar-refractivity contribution in [2.24, 2.45) is 5.73 Å². The highest BCUT2D eigenvalue weighted by molar-refractivity contribution is 5.21. The Hall–Kier alpha value is -1.13. The lowest BCUT2D eigenvalue weighted by molar-refractivity contribution is 0.267. The summed E-state index contributed by atoms with van der Waals surface area (Å²) in [6, 6.07) is 3.62. The molecule has 0 aromatic carbocycles. The van der Waals surface area contributed by atoms with Crippen LogP contribution in [-0.2, 0) is 0 Å². The van der Waals surface area contributed by atoms with Crippen molar-refractivity contribution in [1.29, 1.82) is 0 Å². The molecule has 0 amide bonds. The van der Waals surface area contributed by atoms with Crippen molar-refractivity contribution in [3.63, 3.8) is 0 Å². The minimum Gasteiger partial charge on any atom is -0.481 e. The molecular formula is C9H14N2O2. The lowest BCUT2D eigenvalue weighted by Crippen LogP contribution is -2.16. The van der Waals surface area contributed by atoms with Gasteiger partial charge in [-0.3, -0.25) is 0 Å². The maximum Gasteiger partial charge on any atom is 0.212 e. The molecule has 0 spiro atoms. The highest BCUT2D eigenvalue weighted by atomic mass is 16.5. The molecule has 0 aliphatic heterocycles. The van der Waals surface area contributed by atoms with Gasteiger partial charge in [-0.05, 0) is 5.56 Å². The van der Waals surface area contributed by atoms with Gasteiger partial charge < -0.3 is 15.6 Å². The van der Waals surface area contributed by atoms with Crippen LogP contribution in [0.4, 0.5) is 0 Å². The number of aliphatic hydroxyl groups excluding tert-OH is 1. The van der Waals surface area contributed by atoms with Crippen molar-refractivity contribution in [2.75, 3.05) is 20.3 Å². The van der Waals surface area contributed by atoms with E-state index in [0.717, 1.165) is 5.56 Å². The smallest absolute Gasteiger partial charge is 0.212 e. The largest absolute Gasteiger partial charge is 0.481 e. The Morgan fingerprint density at radius 1 is 1.62 bits per heavy atom. The molecule has 1 aromatic heterocycles. The normalized spacial score (nSPS) is 12.5. The second-order valence-electron chi connectivity index (χ2n) is 2.75. The van der Waals surface area contributed by atoms with Crippen LogP contribution in [0.15, 0.2) is 18.3 Å². The van der Waals surface area contributed by atoms with Crippen molar-refractivity contribution < 1.29 is 9.84 Å². The van der Waals surface area contributed by atoms with E-state index in [9.17, 15) is 0 Å². The second kappa shape index (κ2) is 4.79. The summed E-state index contributed by atoms with van der Waals surface area (Å²) in [7, 11) is 1.56. The monoisotopic (exact) mass is 182 g/mol. The Morgan fingerprint density at radius 3 is 2.77 bits per heavy atom. The zero-order valence-electron chi connectivity index (χ0n) is 7.60. The predicted molar refractivity (Wildman–Crippen MR) is 49.7 cm³/mol. The molecule has 1 atom stereocenters. The van der Waals surface area contributed by atoms with Crippen LogP contribution in [0.25, 0.3) is 0 Å². The standard InChI is InChI=1S/C9H14N2O2/c1-13-9-3-2-7(5-11-9)8(4-10)6-12/h2-3,5,8,12H,4,6,10H2,1H3. The lowest BCUT2D eigenvalue weighted by atomic mass is 10.0. The second-order valence-corrected chi connectivity index (χ2v) is 2.75. The Bertz CT molecular complexity index is 244. The van der Waals surface area contributed by atoms with Gasteiger partial charge in [-0.15, -0.1) is 0 Å². The van der Waals surface area contributed by atoms with Gasteiger partial charge >= 0.3 is 0 Å². The fourth-order valence-corrected chi connectivity index (χ4v) is 1.07. The van der Waals surface area contributed by atoms with E-state index in [4.69, 9.17) is 15.6 Å². The number of nitrogens with zero attached hydrogens (tertiary/aromatic N) is 1. The van der Waals surface area contributed by atoms with Gasteiger partial charge in [0.2, 0.25) is 5.88 Å². The van der Waals surface area contributed by atoms with E-state index in [1.54, 1.807) is 19.4 Å².